The van der Waals surface area contributed by atoms with Gasteiger partial charge in [0.2, 0.25) is 0 Å². The molecule has 2 amide bonds. The van der Waals surface area contributed by atoms with Crippen molar-refractivity contribution in [1.82, 2.24) is 4.90 Å². The zero-order valence-corrected chi connectivity index (χ0v) is 23.0. The van der Waals surface area contributed by atoms with Crippen LogP contribution in [0.25, 0.3) is 0 Å². The van der Waals surface area contributed by atoms with Crippen molar-refractivity contribution in [3.63, 3.8) is 0 Å². The molecule has 2 aliphatic carbocycles. The maximum atomic E-state index is 13.3. The van der Waals surface area contributed by atoms with E-state index in [0.717, 1.165) is 44.9 Å². The molecule has 0 radical (unpaired) electrons. The molecule has 0 aromatic heterocycles. The fraction of sp³-hybridized carbons (Fsp3) is 0.593. The van der Waals surface area contributed by atoms with E-state index >= 15 is 0 Å². The monoisotopic (exact) mass is 533 g/mol. The molecule has 0 bridgehead atoms. The van der Waals surface area contributed by atoms with Gasteiger partial charge in [-0.25, -0.2) is 4.79 Å². The van der Waals surface area contributed by atoms with Gasteiger partial charge in [0.05, 0.1) is 23.3 Å². The van der Waals surface area contributed by atoms with Crippen LogP contribution in [0, 0.1) is 0 Å². The number of carbonyl (C=O) groups is 3. The number of benzene rings is 1. The number of rotatable bonds is 4. The van der Waals surface area contributed by atoms with Crippen molar-refractivity contribution < 1.29 is 28.6 Å². The van der Waals surface area contributed by atoms with Gasteiger partial charge in [-0.15, -0.1) is 10.2 Å². The van der Waals surface area contributed by atoms with Gasteiger partial charge < -0.3 is 14.2 Å². The zero-order chi connectivity index (χ0) is 27.2. The van der Waals surface area contributed by atoms with E-state index in [1.165, 1.54) is 24.1 Å². The van der Waals surface area contributed by atoms with Gasteiger partial charge in [-0.3, -0.25) is 14.5 Å². The van der Waals surface area contributed by atoms with Crippen molar-refractivity contribution in [2.75, 3.05) is 7.11 Å². The molecule has 0 saturated heterocycles. The fourth-order valence-electron chi connectivity index (χ4n) is 5.05. The van der Waals surface area contributed by atoms with E-state index in [-0.39, 0.29) is 45.4 Å². The molecule has 1 aromatic rings. The summed E-state index contributed by atoms with van der Waals surface area (Å²) in [6.45, 7) is 8.00. The van der Waals surface area contributed by atoms with Crippen molar-refractivity contribution in [2.45, 2.75) is 97.3 Å². The summed E-state index contributed by atoms with van der Waals surface area (Å²) < 4.78 is 16.6. The Bertz CT molecular complexity index is 1090. The molecule has 2 fully saturated rings. The van der Waals surface area contributed by atoms with E-state index in [1.54, 1.807) is 0 Å². The van der Waals surface area contributed by atoms with Crippen LogP contribution in [0.1, 0.15) is 106 Å². The number of azo groups is 1. The normalized spacial score (nSPS) is 20.7. The van der Waals surface area contributed by atoms with Crippen molar-refractivity contribution in [3.05, 3.63) is 39.9 Å². The molecule has 0 unspecified atom stereocenters. The Balaban J connectivity index is 0.000000907. The van der Waals surface area contributed by atoms with Crippen molar-refractivity contribution in [2.24, 2.45) is 10.2 Å². The van der Waals surface area contributed by atoms with Crippen LogP contribution in [-0.4, -0.2) is 41.6 Å². The maximum Gasteiger partial charge on any atom is 0.369 e. The standard InChI is InChI=1S/C23H24ClN3O6.2C2H6/c1-31-22-18(21(30)32-23(33-22)11-5-6-12-23)26-25-17-15(24)10-9-14-16(17)20(29)27(19(14)28)13-7-3-2-4-8-13;2*1-2/h9-10,13H,2-8,11-12H2,1H3;2*1-2H3. The van der Waals surface area contributed by atoms with Gasteiger partial charge in [0.1, 0.15) is 5.69 Å². The first kappa shape index (κ1) is 28.6. The lowest BCUT2D eigenvalue weighted by atomic mass is 9.94. The lowest BCUT2D eigenvalue weighted by Gasteiger charge is -2.33. The van der Waals surface area contributed by atoms with Crippen molar-refractivity contribution in [3.8, 4) is 0 Å². The van der Waals surface area contributed by atoms with E-state index in [4.69, 9.17) is 25.8 Å². The molecule has 1 aromatic carbocycles. The summed E-state index contributed by atoms with van der Waals surface area (Å²) >= 11 is 6.35. The minimum atomic E-state index is -1.03. The van der Waals surface area contributed by atoms with Gasteiger partial charge in [0, 0.05) is 18.9 Å². The van der Waals surface area contributed by atoms with Crippen LogP contribution in [0.15, 0.2) is 34.0 Å². The van der Waals surface area contributed by atoms with Gasteiger partial charge in [-0.05, 0) is 37.8 Å². The third-order valence-corrected chi connectivity index (χ3v) is 7.00. The number of carbonyl (C=O) groups excluding carboxylic acids is 3. The Hall–Kier alpha value is -2.94. The zero-order valence-electron chi connectivity index (χ0n) is 22.3. The van der Waals surface area contributed by atoms with Gasteiger partial charge in [0.25, 0.3) is 23.3 Å². The highest BCUT2D eigenvalue weighted by Gasteiger charge is 2.47. The first-order valence-corrected chi connectivity index (χ1v) is 13.6. The fourth-order valence-corrected chi connectivity index (χ4v) is 5.24. The van der Waals surface area contributed by atoms with E-state index in [0.29, 0.717) is 12.8 Å². The number of amides is 2. The molecular weight excluding hydrogens is 498 g/mol. The highest BCUT2D eigenvalue weighted by atomic mass is 35.5. The molecule has 37 heavy (non-hydrogen) atoms. The molecule has 202 valence electrons. The number of methoxy groups -OCH3 is 1. The second-order valence-electron chi connectivity index (χ2n) is 8.74. The molecule has 2 heterocycles. The lowest BCUT2D eigenvalue weighted by Crippen LogP contribution is -2.40. The van der Waals surface area contributed by atoms with Crippen LogP contribution >= 0.6 is 11.6 Å². The summed E-state index contributed by atoms with van der Waals surface area (Å²) in [5.41, 5.74) is 0.100. The predicted octanol–water partition coefficient (Wildman–Crippen LogP) is 7.06. The Morgan fingerprint density at radius 1 is 0.919 bits per heavy atom. The molecule has 0 atom stereocenters. The average molecular weight is 534 g/mol. The first-order chi connectivity index (χ1) is 17.9. The minimum Gasteiger partial charge on any atom is -0.467 e. The summed E-state index contributed by atoms with van der Waals surface area (Å²) in [4.78, 5) is 40.3. The van der Waals surface area contributed by atoms with Gasteiger partial charge in [-0.1, -0.05) is 58.6 Å². The number of esters is 1. The van der Waals surface area contributed by atoms with E-state index in [9.17, 15) is 14.4 Å². The molecular formula is C27H36ClN3O6. The molecule has 5 rings (SSSR count). The largest absolute Gasteiger partial charge is 0.467 e. The Kier molecular flexibility index (Phi) is 9.70. The third-order valence-electron chi connectivity index (χ3n) is 6.70. The summed E-state index contributed by atoms with van der Waals surface area (Å²) in [6, 6.07) is 2.89. The predicted molar refractivity (Wildman–Crippen MR) is 138 cm³/mol. The Morgan fingerprint density at radius 2 is 1.57 bits per heavy atom. The second-order valence-corrected chi connectivity index (χ2v) is 9.15. The van der Waals surface area contributed by atoms with Crippen LogP contribution in [0.3, 0.4) is 0 Å². The van der Waals surface area contributed by atoms with Gasteiger partial charge >= 0.3 is 11.9 Å². The molecule has 9 nitrogen and oxygen atoms in total. The lowest BCUT2D eigenvalue weighted by molar-refractivity contribution is -0.237. The smallest absolute Gasteiger partial charge is 0.369 e. The second kappa shape index (κ2) is 12.5. The number of hydrogen-bond acceptors (Lipinski definition) is 8. The summed E-state index contributed by atoms with van der Waals surface area (Å²) in [7, 11) is 1.36. The number of ether oxygens (including phenoxy) is 3. The highest BCUT2D eigenvalue weighted by molar-refractivity contribution is 6.35. The molecule has 4 aliphatic rings. The highest BCUT2D eigenvalue weighted by Crippen LogP contribution is 2.42. The van der Waals surface area contributed by atoms with Crippen LogP contribution in [0.2, 0.25) is 5.02 Å². The van der Waals surface area contributed by atoms with E-state index in [2.05, 4.69) is 10.2 Å². The quantitative estimate of drug-likeness (QED) is 0.233. The molecule has 10 heteroatoms. The number of nitrogens with zero attached hydrogens (tertiary/aromatic N) is 3. The SMILES string of the molecule is CC.CC.COC1=C(N=Nc2c(Cl)ccc3c2C(=O)N(C2CCCCC2)C3=O)C(=O)OC2(CCCC2)O1. The number of fused-ring (bicyclic) bond motifs is 1. The topological polar surface area (TPSA) is 107 Å². The van der Waals surface area contributed by atoms with Crippen LogP contribution in [0.5, 0.6) is 0 Å². The third kappa shape index (κ3) is 5.51. The van der Waals surface area contributed by atoms with Crippen LogP contribution in [-0.2, 0) is 19.0 Å². The van der Waals surface area contributed by atoms with Crippen molar-refractivity contribution in [1.29, 1.82) is 0 Å². The van der Waals surface area contributed by atoms with Crippen LogP contribution < -0.4 is 0 Å². The minimum absolute atomic E-state index is 0.0303. The number of imide groups is 1. The Morgan fingerprint density at radius 3 is 2.19 bits per heavy atom. The van der Waals surface area contributed by atoms with E-state index in [1.807, 2.05) is 27.7 Å². The summed E-state index contributed by atoms with van der Waals surface area (Å²) in [5, 5.41) is 8.23. The number of hydrogen-bond donors (Lipinski definition) is 0. The van der Waals surface area contributed by atoms with Gasteiger partial charge in [0.15, 0.2) is 0 Å². The van der Waals surface area contributed by atoms with Gasteiger partial charge in [-0.2, -0.15) is 0 Å². The molecule has 2 aliphatic heterocycles. The average Bonchev–Trinajstić information content (AvgIpc) is 3.48. The summed E-state index contributed by atoms with van der Waals surface area (Å²) in [6.07, 6.45) is 7.51. The number of halogens is 1. The first-order valence-electron chi connectivity index (χ1n) is 13.3. The summed E-state index contributed by atoms with van der Waals surface area (Å²) in [5.74, 6) is -2.64. The molecule has 1 spiro atoms. The van der Waals surface area contributed by atoms with E-state index < -0.39 is 17.7 Å². The Labute approximate surface area is 223 Å². The maximum absolute atomic E-state index is 13.3. The van der Waals surface area contributed by atoms with Crippen molar-refractivity contribution >= 4 is 35.1 Å². The van der Waals surface area contributed by atoms with Crippen LogP contribution in [0.4, 0.5) is 5.69 Å². The molecule has 0 N–H and O–H groups in total. The molecule has 2 saturated carbocycles.